The van der Waals surface area contributed by atoms with Crippen molar-refractivity contribution in [1.29, 1.82) is 0 Å². The largest absolute Gasteiger partial charge is 0.481 e. The van der Waals surface area contributed by atoms with Gasteiger partial charge in [-0.05, 0) is 17.7 Å². The molecule has 1 aromatic carbocycles. The average Bonchev–Trinajstić information content (AvgIpc) is 2.35. The van der Waals surface area contributed by atoms with Crippen LogP contribution in [0.5, 0.6) is 0 Å². The van der Waals surface area contributed by atoms with Crippen molar-refractivity contribution >= 4 is 23.6 Å². The Balaban J connectivity index is 2.29. The van der Waals surface area contributed by atoms with E-state index in [2.05, 4.69) is 10.6 Å². The molecule has 0 fully saturated rings. The predicted molar refractivity (Wildman–Crippen MR) is 68.5 cm³/mol. The fraction of sp³-hybridized carbons (Fsp3) is 0.333. The van der Waals surface area contributed by atoms with Gasteiger partial charge >= 0.3 is 12.0 Å². The van der Waals surface area contributed by atoms with Gasteiger partial charge in [-0.3, -0.25) is 4.79 Å². The van der Waals surface area contributed by atoms with Gasteiger partial charge in [-0.2, -0.15) is 0 Å². The first-order valence-electron chi connectivity index (χ1n) is 5.48. The van der Waals surface area contributed by atoms with Crippen LogP contribution in [0.15, 0.2) is 24.3 Å². The Kier molecular flexibility index (Phi) is 5.45. The van der Waals surface area contributed by atoms with Gasteiger partial charge in [-0.1, -0.05) is 30.7 Å². The molecule has 0 aromatic heterocycles. The zero-order chi connectivity index (χ0) is 13.5. The van der Waals surface area contributed by atoms with Crippen LogP contribution in [0.1, 0.15) is 12.5 Å². The summed E-state index contributed by atoms with van der Waals surface area (Å²) in [6.45, 7) is 1.99. The van der Waals surface area contributed by atoms with Crippen molar-refractivity contribution in [2.45, 2.75) is 13.5 Å². The minimum Gasteiger partial charge on any atom is -0.481 e. The van der Waals surface area contributed by atoms with Crippen molar-refractivity contribution in [2.75, 3.05) is 6.54 Å². The molecule has 0 saturated heterocycles. The molecule has 0 aliphatic carbocycles. The van der Waals surface area contributed by atoms with Crippen LogP contribution in [0, 0.1) is 5.92 Å². The number of carboxylic acid groups (broad SMARTS) is 1. The maximum atomic E-state index is 11.4. The maximum Gasteiger partial charge on any atom is 0.315 e. The third-order valence-electron chi connectivity index (χ3n) is 2.36. The molecule has 0 heterocycles. The molecule has 0 aliphatic rings. The van der Waals surface area contributed by atoms with Crippen molar-refractivity contribution in [3.05, 3.63) is 34.9 Å². The smallest absolute Gasteiger partial charge is 0.315 e. The molecular formula is C12H15ClN2O3. The number of carbonyl (C=O) groups is 2. The number of urea groups is 1. The lowest BCUT2D eigenvalue weighted by molar-refractivity contribution is -0.140. The highest BCUT2D eigenvalue weighted by atomic mass is 35.5. The summed E-state index contributed by atoms with van der Waals surface area (Å²) in [5, 5.41) is 14.4. The number of nitrogens with one attached hydrogen (secondary N) is 2. The van der Waals surface area contributed by atoms with E-state index >= 15 is 0 Å². The van der Waals surface area contributed by atoms with Gasteiger partial charge in [0.2, 0.25) is 0 Å². The van der Waals surface area contributed by atoms with Crippen LogP contribution in [-0.2, 0) is 11.3 Å². The highest BCUT2D eigenvalue weighted by Crippen LogP contribution is 2.08. The van der Waals surface area contributed by atoms with Crippen LogP contribution in [0.2, 0.25) is 5.02 Å². The van der Waals surface area contributed by atoms with Gasteiger partial charge in [0.25, 0.3) is 0 Å². The van der Waals surface area contributed by atoms with Crippen LogP contribution < -0.4 is 10.6 Å². The van der Waals surface area contributed by atoms with E-state index in [4.69, 9.17) is 16.7 Å². The Morgan fingerprint density at radius 3 is 2.44 bits per heavy atom. The number of halogens is 1. The van der Waals surface area contributed by atoms with Crippen molar-refractivity contribution in [1.82, 2.24) is 10.6 Å². The zero-order valence-corrected chi connectivity index (χ0v) is 10.7. The van der Waals surface area contributed by atoms with Crippen molar-refractivity contribution < 1.29 is 14.7 Å². The molecule has 0 spiro atoms. The number of carboxylic acids is 1. The molecule has 0 bridgehead atoms. The SMILES string of the molecule is CC(CNC(=O)NCc1ccc(Cl)cc1)C(=O)O. The average molecular weight is 271 g/mol. The molecule has 1 aromatic rings. The molecule has 3 N–H and O–H groups in total. The summed E-state index contributed by atoms with van der Waals surface area (Å²) in [6.07, 6.45) is 0. The van der Waals surface area contributed by atoms with E-state index in [1.54, 1.807) is 12.1 Å². The third-order valence-corrected chi connectivity index (χ3v) is 2.61. The topological polar surface area (TPSA) is 78.4 Å². The number of aliphatic carboxylic acids is 1. The molecule has 18 heavy (non-hydrogen) atoms. The van der Waals surface area contributed by atoms with E-state index in [1.165, 1.54) is 6.92 Å². The Morgan fingerprint density at radius 1 is 1.28 bits per heavy atom. The number of rotatable bonds is 5. The van der Waals surface area contributed by atoms with Gasteiger partial charge in [0.1, 0.15) is 0 Å². The molecule has 2 amide bonds. The van der Waals surface area contributed by atoms with Crippen molar-refractivity contribution in [3.8, 4) is 0 Å². The quantitative estimate of drug-likeness (QED) is 0.764. The van der Waals surface area contributed by atoms with Crippen molar-refractivity contribution in [3.63, 3.8) is 0 Å². The molecule has 1 rings (SSSR count). The lowest BCUT2D eigenvalue weighted by Gasteiger charge is -2.09. The summed E-state index contributed by atoms with van der Waals surface area (Å²) < 4.78 is 0. The molecule has 98 valence electrons. The van der Waals surface area contributed by atoms with Gasteiger partial charge < -0.3 is 15.7 Å². The summed E-state index contributed by atoms with van der Waals surface area (Å²) in [5.74, 6) is -1.54. The molecule has 0 saturated carbocycles. The van der Waals surface area contributed by atoms with Gasteiger partial charge in [0, 0.05) is 18.1 Å². The first-order valence-corrected chi connectivity index (χ1v) is 5.86. The van der Waals surface area contributed by atoms with Gasteiger partial charge in [-0.25, -0.2) is 4.79 Å². The summed E-state index contributed by atoms with van der Waals surface area (Å²) >= 11 is 5.73. The van der Waals surface area contributed by atoms with E-state index in [0.29, 0.717) is 11.6 Å². The van der Waals surface area contributed by atoms with Gasteiger partial charge in [0.15, 0.2) is 0 Å². The second-order valence-corrected chi connectivity index (χ2v) is 4.37. The maximum absolute atomic E-state index is 11.4. The highest BCUT2D eigenvalue weighted by molar-refractivity contribution is 6.30. The number of amides is 2. The molecule has 0 radical (unpaired) electrons. The Labute approximate surface area is 110 Å². The van der Waals surface area contributed by atoms with Gasteiger partial charge in [0.05, 0.1) is 5.92 Å². The monoisotopic (exact) mass is 270 g/mol. The number of carbonyl (C=O) groups excluding carboxylic acids is 1. The van der Waals surface area contributed by atoms with E-state index in [9.17, 15) is 9.59 Å². The fourth-order valence-corrected chi connectivity index (χ4v) is 1.31. The normalized spacial score (nSPS) is 11.7. The molecule has 5 nitrogen and oxygen atoms in total. The van der Waals surface area contributed by atoms with Crippen LogP contribution >= 0.6 is 11.6 Å². The van der Waals surface area contributed by atoms with Crippen LogP contribution in [0.4, 0.5) is 4.79 Å². The van der Waals surface area contributed by atoms with Crippen LogP contribution in [0.25, 0.3) is 0 Å². The fourth-order valence-electron chi connectivity index (χ4n) is 1.18. The van der Waals surface area contributed by atoms with Gasteiger partial charge in [-0.15, -0.1) is 0 Å². The molecule has 1 atom stereocenters. The summed E-state index contributed by atoms with van der Waals surface area (Å²) in [7, 11) is 0. The number of hydrogen-bond acceptors (Lipinski definition) is 2. The minimum absolute atomic E-state index is 0.0990. The van der Waals surface area contributed by atoms with Crippen molar-refractivity contribution in [2.24, 2.45) is 5.92 Å². The number of hydrogen-bond donors (Lipinski definition) is 3. The molecule has 6 heteroatoms. The highest BCUT2D eigenvalue weighted by Gasteiger charge is 2.11. The lowest BCUT2D eigenvalue weighted by atomic mass is 10.2. The standard InChI is InChI=1S/C12H15ClN2O3/c1-8(11(16)17)6-14-12(18)15-7-9-2-4-10(13)5-3-9/h2-5,8H,6-7H2,1H3,(H,16,17)(H2,14,15,18). The Hall–Kier alpha value is -1.75. The number of benzene rings is 1. The first-order chi connectivity index (χ1) is 8.49. The lowest BCUT2D eigenvalue weighted by Crippen LogP contribution is -2.38. The summed E-state index contributed by atoms with van der Waals surface area (Å²) in [6, 6.07) is 6.70. The van der Waals surface area contributed by atoms with Crippen LogP contribution in [-0.4, -0.2) is 23.7 Å². The molecule has 1 unspecified atom stereocenters. The van der Waals surface area contributed by atoms with E-state index in [0.717, 1.165) is 5.56 Å². The van der Waals surface area contributed by atoms with Crippen LogP contribution in [0.3, 0.4) is 0 Å². The van der Waals surface area contributed by atoms with E-state index < -0.39 is 17.9 Å². The zero-order valence-electron chi connectivity index (χ0n) is 9.94. The Morgan fingerprint density at radius 2 is 1.89 bits per heavy atom. The summed E-state index contributed by atoms with van der Waals surface area (Å²) in [5.41, 5.74) is 0.917. The second kappa shape index (κ2) is 6.86. The summed E-state index contributed by atoms with van der Waals surface area (Å²) in [4.78, 5) is 21.9. The Bertz CT molecular complexity index is 420. The predicted octanol–water partition coefficient (Wildman–Crippen LogP) is 1.86. The van der Waals surface area contributed by atoms with E-state index in [-0.39, 0.29) is 6.54 Å². The first kappa shape index (κ1) is 14.3. The molecule has 0 aliphatic heterocycles. The minimum atomic E-state index is -0.937. The second-order valence-electron chi connectivity index (χ2n) is 3.93. The third kappa shape index (κ3) is 5.05. The van der Waals surface area contributed by atoms with E-state index in [1.807, 2.05) is 12.1 Å². The molecular weight excluding hydrogens is 256 g/mol.